The van der Waals surface area contributed by atoms with Crippen LogP contribution in [0.15, 0.2) is 54.7 Å². The van der Waals surface area contributed by atoms with Gasteiger partial charge in [-0.15, -0.1) is 0 Å². The number of aromatic nitrogens is 1. The summed E-state index contributed by atoms with van der Waals surface area (Å²) in [5, 5.41) is 0. The fourth-order valence-electron chi connectivity index (χ4n) is 5.28. The molecule has 23 heavy (non-hydrogen) atoms. The van der Waals surface area contributed by atoms with Crippen molar-refractivity contribution in [3.8, 4) is 0 Å². The van der Waals surface area contributed by atoms with Crippen molar-refractivity contribution in [2.75, 3.05) is 0 Å². The van der Waals surface area contributed by atoms with E-state index in [4.69, 9.17) is 0 Å². The quantitative estimate of drug-likeness (QED) is 0.830. The summed E-state index contributed by atoms with van der Waals surface area (Å²) in [4.78, 5) is 17.8. The molecular weight excluding hydrogens is 282 g/mol. The molecule has 2 nitrogen and oxygen atoms in total. The highest BCUT2D eigenvalue weighted by molar-refractivity contribution is 6.32. The zero-order valence-electron chi connectivity index (χ0n) is 13.0. The third-order valence-corrected chi connectivity index (χ3v) is 6.07. The molecule has 0 radical (unpaired) electrons. The SMILES string of the molecule is O=C1C(c2ccccn2)=C(c2ccccc2)[C@@H]2[C@H]3CC[C@H](C3)[C@H]12. The van der Waals surface area contributed by atoms with Gasteiger partial charge in [-0.1, -0.05) is 36.4 Å². The van der Waals surface area contributed by atoms with Crippen molar-refractivity contribution < 1.29 is 4.79 Å². The monoisotopic (exact) mass is 301 g/mol. The van der Waals surface area contributed by atoms with Crippen molar-refractivity contribution in [3.05, 3.63) is 66.0 Å². The third-order valence-electron chi connectivity index (χ3n) is 6.07. The Balaban J connectivity index is 1.75. The molecule has 3 aliphatic carbocycles. The molecule has 2 saturated carbocycles. The van der Waals surface area contributed by atoms with Gasteiger partial charge in [0.15, 0.2) is 5.78 Å². The summed E-state index contributed by atoms with van der Waals surface area (Å²) >= 11 is 0. The average molecular weight is 301 g/mol. The lowest BCUT2D eigenvalue weighted by Gasteiger charge is -2.26. The first-order chi connectivity index (χ1) is 11.3. The number of rotatable bonds is 2. The van der Waals surface area contributed by atoms with E-state index in [-0.39, 0.29) is 5.92 Å². The third kappa shape index (κ3) is 1.81. The molecule has 0 unspecified atom stereocenters. The molecule has 0 spiro atoms. The highest BCUT2D eigenvalue weighted by atomic mass is 16.1. The van der Waals surface area contributed by atoms with Crippen LogP contribution in [0, 0.1) is 23.7 Å². The lowest BCUT2D eigenvalue weighted by atomic mass is 9.77. The van der Waals surface area contributed by atoms with Crippen LogP contribution in [0.5, 0.6) is 0 Å². The van der Waals surface area contributed by atoms with Crippen molar-refractivity contribution in [2.24, 2.45) is 23.7 Å². The maximum Gasteiger partial charge on any atom is 0.169 e. The number of hydrogen-bond donors (Lipinski definition) is 0. The molecule has 1 aromatic carbocycles. The number of Topliss-reactive ketones (excluding diaryl/α,β-unsaturated/α-hetero) is 1. The van der Waals surface area contributed by atoms with Gasteiger partial charge in [-0.3, -0.25) is 9.78 Å². The molecule has 0 saturated heterocycles. The lowest BCUT2D eigenvalue weighted by Crippen LogP contribution is -2.24. The van der Waals surface area contributed by atoms with Crippen molar-refractivity contribution in [1.82, 2.24) is 4.98 Å². The second-order valence-electron chi connectivity index (χ2n) is 7.12. The molecule has 0 amide bonds. The summed E-state index contributed by atoms with van der Waals surface area (Å²) in [7, 11) is 0. The number of nitrogens with zero attached hydrogens (tertiary/aromatic N) is 1. The molecule has 2 fully saturated rings. The van der Waals surface area contributed by atoms with Crippen LogP contribution in [0.4, 0.5) is 0 Å². The molecule has 3 aliphatic rings. The zero-order valence-corrected chi connectivity index (χ0v) is 13.0. The van der Waals surface area contributed by atoms with Gasteiger partial charge in [0.05, 0.1) is 5.69 Å². The Morgan fingerprint density at radius 2 is 1.61 bits per heavy atom. The summed E-state index contributed by atoms with van der Waals surface area (Å²) in [6.07, 6.45) is 5.55. The normalized spacial score (nSPS) is 31.7. The van der Waals surface area contributed by atoms with E-state index in [0.717, 1.165) is 11.3 Å². The van der Waals surface area contributed by atoms with Crippen molar-refractivity contribution in [1.29, 1.82) is 0 Å². The molecular formula is C21H19NO. The molecule has 2 aromatic rings. The van der Waals surface area contributed by atoms with E-state index in [2.05, 4.69) is 29.2 Å². The summed E-state index contributed by atoms with van der Waals surface area (Å²) in [5.41, 5.74) is 4.22. The Kier molecular flexibility index (Phi) is 2.81. The highest BCUT2D eigenvalue weighted by Gasteiger charge is 2.57. The van der Waals surface area contributed by atoms with E-state index in [0.29, 0.717) is 23.5 Å². The average Bonchev–Trinajstić information content (AvgIpc) is 3.29. The summed E-state index contributed by atoms with van der Waals surface area (Å²) in [6.45, 7) is 0. The maximum absolute atomic E-state index is 13.3. The molecule has 0 N–H and O–H groups in total. The van der Waals surface area contributed by atoms with E-state index in [1.807, 2.05) is 24.3 Å². The molecule has 1 aromatic heterocycles. The summed E-state index contributed by atoms with van der Waals surface area (Å²) in [5.74, 6) is 2.25. The number of fused-ring (bicyclic) bond motifs is 5. The fourth-order valence-corrected chi connectivity index (χ4v) is 5.28. The molecule has 114 valence electrons. The molecule has 0 aliphatic heterocycles. The number of carbonyl (C=O) groups excluding carboxylic acids is 1. The Morgan fingerprint density at radius 3 is 2.35 bits per heavy atom. The Hall–Kier alpha value is -2.22. The van der Waals surface area contributed by atoms with Gasteiger partial charge in [-0.25, -0.2) is 0 Å². The predicted octanol–water partition coefficient (Wildman–Crippen LogP) is 4.24. The Morgan fingerprint density at radius 1 is 0.870 bits per heavy atom. The van der Waals surface area contributed by atoms with Gasteiger partial charge in [0.25, 0.3) is 0 Å². The van der Waals surface area contributed by atoms with Crippen LogP contribution in [0.1, 0.15) is 30.5 Å². The predicted molar refractivity (Wildman–Crippen MR) is 90.3 cm³/mol. The van der Waals surface area contributed by atoms with E-state index >= 15 is 0 Å². The lowest BCUT2D eigenvalue weighted by molar-refractivity contribution is -0.118. The van der Waals surface area contributed by atoms with Crippen LogP contribution >= 0.6 is 0 Å². The van der Waals surface area contributed by atoms with Crippen molar-refractivity contribution in [3.63, 3.8) is 0 Å². The van der Waals surface area contributed by atoms with Crippen LogP contribution in [0.25, 0.3) is 11.1 Å². The number of benzene rings is 1. The first-order valence-corrected chi connectivity index (χ1v) is 8.60. The van der Waals surface area contributed by atoms with E-state index in [1.165, 1.54) is 30.4 Å². The van der Waals surface area contributed by atoms with Gasteiger partial charge >= 0.3 is 0 Å². The van der Waals surface area contributed by atoms with Crippen LogP contribution in [0.3, 0.4) is 0 Å². The molecule has 5 rings (SSSR count). The van der Waals surface area contributed by atoms with Gasteiger partial charge in [0, 0.05) is 17.7 Å². The first kappa shape index (κ1) is 13.2. The number of pyridine rings is 1. The van der Waals surface area contributed by atoms with E-state index in [9.17, 15) is 4.79 Å². The van der Waals surface area contributed by atoms with Crippen LogP contribution in [-0.2, 0) is 4.79 Å². The number of hydrogen-bond acceptors (Lipinski definition) is 2. The maximum atomic E-state index is 13.3. The minimum atomic E-state index is 0.209. The van der Waals surface area contributed by atoms with Crippen LogP contribution < -0.4 is 0 Å². The molecule has 1 heterocycles. The largest absolute Gasteiger partial charge is 0.294 e. The number of carbonyl (C=O) groups is 1. The number of allylic oxidation sites excluding steroid dienone is 2. The van der Waals surface area contributed by atoms with E-state index in [1.54, 1.807) is 6.20 Å². The number of ketones is 1. The second-order valence-corrected chi connectivity index (χ2v) is 7.12. The van der Waals surface area contributed by atoms with E-state index < -0.39 is 0 Å². The van der Waals surface area contributed by atoms with Gasteiger partial charge in [0.2, 0.25) is 0 Å². The molecule has 4 atom stereocenters. The van der Waals surface area contributed by atoms with Gasteiger partial charge in [0.1, 0.15) is 0 Å². The van der Waals surface area contributed by atoms with Crippen LogP contribution in [-0.4, -0.2) is 10.8 Å². The Bertz CT molecular complexity index is 793. The molecule has 2 bridgehead atoms. The fraction of sp³-hybridized carbons (Fsp3) is 0.333. The van der Waals surface area contributed by atoms with Gasteiger partial charge in [-0.2, -0.15) is 0 Å². The topological polar surface area (TPSA) is 30.0 Å². The minimum absolute atomic E-state index is 0.209. The van der Waals surface area contributed by atoms with Crippen molar-refractivity contribution in [2.45, 2.75) is 19.3 Å². The standard InChI is InChI=1S/C21H19NO/c23-21-19-15-10-9-14(12-15)18(19)17(13-6-2-1-3-7-13)20(21)16-8-4-5-11-22-16/h1-8,11,14-15,18-19H,9-10,12H2/t14-,15+,18-,19-/m0/s1. The zero-order chi connectivity index (χ0) is 15.4. The van der Waals surface area contributed by atoms with Gasteiger partial charge < -0.3 is 0 Å². The Labute approximate surface area is 136 Å². The second kappa shape index (κ2) is 4.89. The smallest absolute Gasteiger partial charge is 0.169 e. The molecule has 2 heteroatoms. The van der Waals surface area contributed by atoms with Crippen LogP contribution in [0.2, 0.25) is 0 Å². The highest BCUT2D eigenvalue weighted by Crippen LogP contribution is 2.62. The minimum Gasteiger partial charge on any atom is -0.294 e. The summed E-state index contributed by atoms with van der Waals surface area (Å²) in [6, 6.07) is 16.4. The van der Waals surface area contributed by atoms with Crippen molar-refractivity contribution >= 4 is 16.9 Å². The van der Waals surface area contributed by atoms with Gasteiger partial charge in [-0.05, 0) is 60.3 Å². The first-order valence-electron chi connectivity index (χ1n) is 8.60. The summed E-state index contributed by atoms with van der Waals surface area (Å²) < 4.78 is 0.